The molecule has 11 heteroatoms. The van der Waals surface area contributed by atoms with Gasteiger partial charge < -0.3 is 20.1 Å². The average Bonchev–Trinajstić information content (AvgIpc) is 3.50. The molecule has 2 heterocycles. The number of imide groups is 1. The molecule has 1 fully saturated rings. The summed E-state index contributed by atoms with van der Waals surface area (Å²) >= 11 is 1.09. The van der Waals surface area contributed by atoms with E-state index in [9.17, 15) is 19.2 Å². The molecule has 0 unspecified atom stereocenters. The van der Waals surface area contributed by atoms with Crippen LogP contribution < -0.4 is 15.4 Å². The summed E-state index contributed by atoms with van der Waals surface area (Å²) in [6.45, 7) is 3.98. The third kappa shape index (κ3) is 5.90. The number of ether oxygens (including phenoxy) is 2. The van der Waals surface area contributed by atoms with Crippen LogP contribution in [0.5, 0.6) is 5.75 Å². The SMILES string of the molecule is COCCOc1ccc([C@H]2NC(=O)N([C@H](C(=O)Nc3nc(C(C)=O)cs3)[C@@H](C)c3ccccc3)C2=O)cc1. The lowest BCUT2D eigenvalue weighted by Crippen LogP contribution is -2.50. The number of urea groups is 1. The van der Waals surface area contributed by atoms with Gasteiger partial charge in [-0.15, -0.1) is 11.3 Å². The van der Waals surface area contributed by atoms with Crippen molar-refractivity contribution in [3.63, 3.8) is 0 Å². The van der Waals surface area contributed by atoms with Gasteiger partial charge in [0.1, 0.15) is 30.1 Å². The summed E-state index contributed by atoms with van der Waals surface area (Å²) in [4.78, 5) is 57.1. The average molecular weight is 537 g/mol. The molecule has 4 rings (SSSR count). The number of anilines is 1. The van der Waals surface area contributed by atoms with Gasteiger partial charge >= 0.3 is 6.03 Å². The Bertz CT molecular complexity index is 1310. The van der Waals surface area contributed by atoms with Gasteiger partial charge in [-0.3, -0.25) is 14.4 Å². The first-order valence-electron chi connectivity index (χ1n) is 12.0. The van der Waals surface area contributed by atoms with E-state index in [0.29, 0.717) is 24.5 Å². The lowest BCUT2D eigenvalue weighted by molar-refractivity contribution is -0.134. The maximum absolute atomic E-state index is 13.6. The van der Waals surface area contributed by atoms with Crippen LogP contribution in [0, 0.1) is 0 Å². The molecule has 0 bridgehead atoms. The van der Waals surface area contributed by atoms with E-state index >= 15 is 0 Å². The number of hydrogen-bond donors (Lipinski definition) is 2. The summed E-state index contributed by atoms with van der Waals surface area (Å²) in [6.07, 6.45) is 0. The molecule has 2 aromatic carbocycles. The number of rotatable bonds is 11. The maximum atomic E-state index is 13.6. The highest BCUT2D eigenvalue weighted by atomic mass is 32.1. The molecule has 0 spiro atoms. The van der Waals surface area contributed by atoms with Crippen molar-refractivity contribution in [3.05, 3.63) is 76.8 Å². The number of carbonyl (C=O) groups excluding carboxylic acids is 4. The van der Waals surface area contributed by atoms with Crippen molar-refractivity contribution in [1.82, 2.24) is 15.2 Å². The Kier molecular flexibility index (Phi) is 8.49. The minimum absolute atomic E-state index is 0.207. The van der Waals surface area contributed by atoms with Crippen molar-refractivity contribution in [2.75, 3.05) is 25.6 Å². The zero-order chi connectivity index (χ0) is 27.2. The van der Waals surface area contributed by atoms with Crippen LogP contribution >= 0.6 is 11.3 Å². The smallest absolute Gasteiger partial charge is 0.325 e. The summed E-state index contributed by atoms with van der Waals surface area (Å²) in [5.41, 5.74) is 1.56. The fourth-order valence-corrected chi connectivity index (χ4v) is 4.91. The van der Waals surface area contributed by atoms with Crippen LogP contribution in [0.2, 0.25) is 0 Å². The monoisotopic (exact) mass is 536 g/mol. The predicted molar refractivity (Wildman–Crippen MR) is 141 cm³/mol. The summed E-state index contributed by atoms with van der Waals surface area (Å²) in [5.74, 6) is -1.30. The topological polar surface area (TPSA) is 127 Å². The summed E-state index contributed by atoms with van der Waals surface area (Å²) in [5, 5.41) is 7.14. The van der Waals surface area contributed by atoms with E-state index in [1.54, 1.807) is 43.7 Å². The molecule has 1 aromatic heterocycles. The molecule has 2 N–H and O–H groups in total. The summed E-state index contributed by atoms with van der Waals surface area (Å²) < 4.78 is 10.5. The van der Waals surface area contributed by atoms with Gasteiger partial charge in [0.15, 0.2) is 10.9 Å². The Morgan fingerprint density at radius 2 is 1.82 bits per heavy atom. The van der Waals surface area contributed by atoms with Crippen molar-refractivity contribution in [2.45, 2.75) is 31.8 Å². The fraction of sp³-hybridized carbons (Fsp3) is 0.296. The first kappa shape index (κ1) is 27.0. The van der Waals surface area contributed by atoms with E-state index in [-0.39, 0.29) is 16.6 Å². The number of carbonyl (C=O) groups is 4. The van der Waals surface area contributed by atoms with E-state index in [4.69, 9.17) is 9.47 Å². The second-order valence-corrected chi connectivity index (χ2v) is 9.59. The number of nitrogens with zero attached hydrogens (tertiary/aromatic N) is 2. The molecule has 0 saturated carbocycles. The molecule has 1 saturated heterocycles. The Labute approximate surface area is 224 Å². The quantitative estimate of drug-likeness (QED) is 0.217. The Morgan fingerprint density at radius 1 is 1.11 bits per heavy atom. The van der Waals surface area contributed by atoms with Crippen LogP contribution in [0.15, 0.2) is 60.0 Å². The lowest BCUT2D eigenvalue weighted by Gasteiger charge is -2.29. The van der Waals surface area contributed by atoms with Crippen molar-refractivity contribution in [2.24, 2.45) is 0 Å². The predicted octanol–water partition coefficient (Wildman–Crippen LogP) is 3.77. The largest absolute Gasteiger partial charge is 0.491 e. The van der Waals surface area contributed by atoms with E-state index in [1.165, 1.54) is 6.92 Å². The lowest BCUT2D eigenvalue weighted by atomic mass is 9.91. The zero-order valence-corrected chi connectivity index (χ0v) is 22.0. The van der Waals surface area contributed by atoms with Gasteiger partial charge in [-0.2, -0.15) is 0 Å². The van der Waals surface area contributed by atoms with Crippen molar-refractivity contribution in [3.8, 4) is 5.75 Å². The number of methoxy groups -OCH3 is 1. The fourth-order valence-electron chi connectivity index (χ4n) is 4.16. The molecule has 0 radical (unpaired) electrons. The zero-order valence-electron chi connectivity index (χ0n) is 21.2. The Balaban J connectivity index is 1.60. The molecular formula is C27H28N4O6S. The molecule has 10 nitrogen and oxygen atoms in total. The number of Topliss-reactive ketones (excluding diaryl/α,β-unsaturated/α-hetero) is 1. The van der Waals surface area contributed by atoms with Gasteiger partial charge in [0.05, 0.1) is 6.61 Å². The molecule has 1 aliphatic heterocycles. The molecule has 198 valence electrons. The maximum Gasteiger partial charge on any atom is 0.325 e. The van der Waals surface area contributed by atoms with Gasteiger partial charge in [0.2, 0.25) is 5.91 Å². The molecular weight excluding hydrogens is 508 g/mol. The van der Waals surface area contributed by atoms with Gasteiger partial charge in [-0.1, -0.05) is 49.4 Å². The second-order valence-electron chi connectivity index (χ2n) is 8.73. The summed E-state index contributed by atoms with van der Waals surface area (Å²) in [7, 11) is 1.58. The molecule has 3 aromatic rings. The molecule has 1 aliphatic rings. The third-order valence-corrected chi connectivity index (χ3v) is 6.94. The number of aromatic nitrogens is 1. The number of nitrogens with one attached hydrogen (secondary N) is 2. The van der Waals surface area contributed by atoms with E-state index in [2.05, 4.69) is 15.6 Å². The number of amides is 4. The molecule has 0 aliphatic carbocycles. The number of thiazole rings is 1. The standard InChI is InChI=1S/C27H28N4O6S/c1-16(18-7-5-4-6-8-18)23(24(33)30-26-28-21(15-38-26)17(2)32)31-25(34)22(29-27(31)35)19-9-11-20(12-10-19)37-14-13-36-3/h4-12,15-16,22-23H,13-14H2,1-3H3,(H,29,35)(H,28,30,33)/t16-,22+,23-/m0/s1. The minimum atomic E-state index is -1.17. The number of hydrogen-bond acceptors (Lipinski definition) is 8. The first-order chi connectivity index (χ1) is 18.3. The van der Waals surface area contributed by atoms with Crippen LogP contribution in [-0.2, 0) is 14.3 Å². The van der Waals surface area contributed by atoms with Gasteiger partial charge in [0.25, 0.3) is 5.91 Å². The van der Waals surface area contributed by atoms with E-state index in [1.807, 2.05) is 30.3 Å². The highest BCUT2D eigenvalue weighted by Gasteiger charge is 2.47. The van der Waals surface area contributed by atoms with Gasteiger partial charge in [-0.05, 0) is 23.3 Å². The molecule has 38 heavy (non-hydrogen) atoms. The van der Waals surface area contributed by atoms with Crippen molar-refractivity contribution in [1.29, 1.82) is 0 Å². The van der Waals surface area contributed by atoms with Crippen LogP contribution in [-0.4, -0.2) is 59.9 Å². The molecule has 4 amide bonds. The summed E-state index contributed by atoms with van der Waals surface area (Å²) in [6, 6.07) is 13.2. The third-order valence-electron chi connectivity index (χ3n) is 6.18. The van der Waals surface area contributed by atoms with Crippen LogP contribution in [0.1, 0.15) is 47.4 Å². The van der Waals surface area contributed by atoms with Crippen LogP contribution in [0.3, 0.4) is 0 Å². The van der Waals surface area contributed by atoms with Gasteiger partial charge in [0, 0.05) is 25.3 Å². The second kappa shape index (κ2) is 12.0. The normalized spacial score (nSPS) is 16.6. The van der Waals surface area contributed by atoms with Crippen LogP contribution in [0.25, 0.3) is 0 Å². The first-order valence-corrected chi connectivity index (χ1v) is 12.9. The Hall–Kier alpha value is -4.09. The Morgan fingerprint density at radius 3 is 2.45 bits per heavy atom. The number of ketones is 1. The van der Waals surface area contributed by atoms with Crippen molar-refractivity contribution >= 4 is 40.1 Å². The van der Waals surface area contributed by atoms with Crippen molar-refractivity contribution < 1.29 is 28.7 Å². The number of benzene rings is 2. The highest BCUT2D eigenvalue weighted by molar-refractivity contribution is 7.14. The van der Waals surface area contributed by atoms with Crippen LogP contribution in [0.4, 0.5) is 9.93 Å². The van der Waals surface area contributed by atoms with E-state index in [0.717, 1.165) is 21.8 Å². The van der Waals surface area contributed by atoms with Gasteiger partial charge in [-0.25, -0.2) is 14.7 Å². The minimum Gasteiger partial charge on any atom is -0.491 e. The highest BCUT2D eigenvalue weighted by Crippen LogP contribution is 2.32. The van der Waals surface area contributed by atoms with E-state index < -0.39 is 35.8 Å². The molecule has 3 atom stereocenters.